The Morgan fingerprint density at radius 1 is 0.963 bits per heavy atom. The lowest BCUT2D eigenvalue weighted by atomic mass is 9.82. The van der Waals surface area contributed by atoms with Crippen molar-refractivity contribution in [2.45, 2.75) is 18.9 Å². The minimum atomic E-state index is -1.18. The first-order chi connectivity index (χ1) is 13.1. The lowest BCUT2D eigenvalue weighted by molar-refractivity contribution is -0.313. The SMILES string of the molecule is COc1ccc([C@H](NC(=O)[C@H]2CC=CC[C@@H]2C(=O)[O-])c2ccccc2)cc1. The summed E-state index contributed by atoms with van der Waals surface area (Å²) in [4.78, 5) is 24.4. The highest BCUT2D eigenvalue weighted by molar-refractivity contribution is 5.85. The molecule has 3 atom stereocenters. The first kappa shape index (κ1) is 18.7. The van der Waals surface area contributed by atoms with Crippen LogP contribution in [0.15, 0.2) is 66.7 Å². The van der Waals surface area contributed by atoms with Crippen molar-refractivity contribution in [2.75, 3.05) is 7.11 Å². The molecule has 140 valence electrons. The highest BCUT2D eigenvalue weighted by Gasteiger charge is 2.31. The molecule has 5 heteroatoms. The molecule has 0 saturated heterocycles. The summed E-state index contributed by atoms with van der Waals surface area (Å²) in [7, 11) is 1.60. The van der Waals surface area contributed by atoms with Crippen molar-refractivity contribution < 1.29 is 19.4 Å². The molecule has 2 aromatic carbocycles. The fraction of sp³-hybridized carbons (Fsp3) is 0.273. The van der Waals surface area contributed by atoms with Gasteiger partial charge in [0, 0.05) is 17.8 Å². The molecule has 5 nitrogen and oxygen atoms in total. The first-order valence-electron chi connectivity index (χ1n) is 8.95. The number of nitrogens with one attached hydrogen (secondary N) is 1. The van der Waals surface area contributed by atoms with Gasteiger partial charge in [0.1, 0.15) is 5.75 Å². The molecule has 1 N–H and O–H groups in total. The van der Waals surface area contributed by atoms with Crippen LogP contribution in [0.3, 0.4) is 0 Å². The van der Waals surface area contributed by atoms with Crippen LogP contribution in [-0.2, 0) is 9.59 Å². The molecule has 1 aliphatic carbocycles. The van der Waals surface area contributed by atoms with Gasteiger partial charge >= 0.3 is 0 Å². The Morgan fingerprint density at radius 2 is 1.56 bits per heavy atom. The normalized spacial score (nSPS) is 19.9. The van der Waals surface area contributed by atoms with E-state index in [-0.39, 0.29) is 11.9 Å². The van der Waals surface area contributed by atoms with Crippen molar-refractivity contribution in [2.24, 2.45) is 11.8 Å². The summed E-state index contributed by atoms with van der Waals surface area (Å²) < 4.78 is 5.20. The molecule has 0 aromatic heterocycles. The zero-order valence-corrected chi connectivity index (χ0v) is 15.1. The maximum Gasteiger partial charge on any atom is 0.224 e. The average Bonchev–Trinajstić information content (AvgIpc) is 2.72. The Labute approximate surface area is 158 Å². The highest BCUT2D eigenvalue weighted by atomic mass is 16.5. The van der Waals surface area contributed by atoms with Crippen molar-refractivity contribution in [1.29, 1.82) is 0 Å². The summed E-state index contributed by atoms with van der Waals surface area (Å²) in [6.07, 6.45) is 4.37. The lowest BCUT2D eigenvalue weighted by Gasteiger charge is -2.30. The molecule has 3 rings (SSSR count). The molecular formula is C22H22NO4-. The van der Waals surface area contributed by atoms with Gasteiger partial charge in [-0.25, -0.2) is 0 Å². The van der Waals surface area contributed by atoms with Crippen LogP contribution in [0.1, 0.15) is 30.0 Å². The maximum absolute atomic E-state index is 12.9. The highest BCUT2D eigenvalue weighted by Crippen LogP contribution is 2.29. The van der Waals surface area contributed by atoms with Crippen LogP contribution in [-0.4, -0.2) is 19.0 Å². The number of carboxylic acids is 1. The topological polar surface area (TPSA) is 78.5 Å². The number of carbonyl (C=O) groups is 2. The third kappa shape index (κ3) is 4.37. The Balaban J connectivity index is 1.88. The minimum Gasteiger partial charge on any atom is -0.550 e. The van der Waals surface area contributed by atoms with Crippen molar-refractivity contribution in [3.05, 3.63) is 77.9 Å². The van der Waals surface area contributed by atoms with Gasteiger partial charge < -0.3 is 20.0 Å². The summed E-state index contributed by atoms with van der Waals surface area (Å²) in [5.41, 5.74) is 1.82. The van der Waals surface area contributed by atoms with Gasteiger partial charge in [0.15, 0.2) is 0 Å². The van der Waals surface area contributed by atoms with E-state index < -0.39 is 17.8 Å². The van der Waals surface area contributed by atoms with Crippen molar-refractivity contribution >= 4 is 11.9 Å². The Bertz CT molecular complexity index is 814. The monoisotopic (exact) mass is 364 g/mol. The fourth-order valence-corrected chi connectivity index (χ4v) is 3.41. The van der Waals surface area contributed by atoms with Crippen LogP contribution in [0.5, 0.6) is 5.75 Å². The molecule has 27 heavy (non-hydrogen) atoms. The molecule has 0 fully saturated rings. The number of allylic oxidation sites excluding steroid dienone is 2. The van der Waals surface area contributed by atoms with Gasteiger partial charge in [-0.2, -0.15) is 0 Å². The molecular weight excluding hydrogens is 342 g/mol. The molecule has 0 spiro atoms. The van der Waals surface area contributed by atoms with Gasteiger partial charge in [0.05, 0.1) is 13.2 Å². The number of aliphatic carboxylic acids is 1. The lowest BCUT2D eigenvalue weighted by Crippen LogP contribution is -2.44. The smallest absolute Gasteiger partial charge is 0.224 e. The number of hydrogen-bond donors (Lipinski definition) is 1. The first-order valence-corrected chi connectivity index (χ1v) is 8.95. The van der Waals surface area contributed by atoms with Crippen LogP contribution in [0.4, 0.5) is 0 Å². The van der Waals surface area contributed by atoms with E-state index in [0.29, 0.717) is 12.8 Å². The predicted molar refractivity (Wildman–Crippen MR) is 99.8 cm³/mol. The van der Waals surface area contributed by atoms with Gasteiger partial charge in [-0.15, -0.1) is 0 Å². The minimum absolute atomic E-state index is 0.279. The number of ether oxygens (including phenoxy) is 1. The van der Waals surface area contributed by atoms with Gasteiger partial charge in [-0.3, -0.25) is 4.79 Å². The standard InChI is InChI=1S/C22H23NO4/c1-27-17-13-11-16(12-14-17)20(15-7-3-2-4-8-15)23-21(24)18-9-5-6-10-19(18)22(25)26/h2-8,11-14,18-20H,9-10H2,1H3,(H,23,24)(H,25,26)/p-1/t18-,19-,20+/m0/s1. The van der Waals surface area contributed by atoms with E-state index in [0.717, 1.165) is 16.9 Å². The van der Waals surface area contributed by atoms with Gasteiger partial charge in [-0.05, 0) is 36.1 Å². The van der Waals surface area contributed by atoms with E-state index in [1.807, 2.05) is 60.7 Å². The molecule has 2 aromatic rings. The largest absolute Gasteiger partial charge is 0.550 e. The van der Waals surface area contributed by atoms with E-state index in [1.54, 1.807) is 13.2 Å². The third-order valence-corrected chi connectivity index (χ3v) is 4.94. The Morgan fingerprint density at radius 3 is 2.15 bits per heavy atom. The van der Waals surface area contributed by atoms with E-state index in [2.05, 4.69) is 5.32 Å². The number of carbonyl (C=O) groups excluding carboxylic acids is 2. The zero-order chi connectivity index (χ0) is 19.2. The molecule has 0 radical (unpaired) electrons. The van der Waals surface area contributed by atoms with Crippen LogP contribution < -0.4 is 15.2 Å². The van der Waals surface area contributed by atoms with Crippen molar-refractivity contribution in [3.8, 4) is 5.75 Å². The molecule has 0 heterocycles. The summed E-state index contributed by atoms with van der Waals surface area (Å²) >= 11 is 0. The number of amides is 1. The molecule has 0 unspecified atom stereocenters. The van der Waals surface area contributed by atoms with Crippen LogP contribution in [0.25, 0.3) is 0 Å². The zero-order valence-electron chi connectivity index (χ0n) is 15.1. The third-order valence-electron chi connectivity index (χ3n) is 4.94. The maximum atomic E-state index is 12.9. The summed E-state index contributed by atoms with van der Waals surface area (Å²) in [6, 6.07) is 16.7. The van der Waals surface area contributed by atoms with Crippen LogP contribution >= 0.6 is 0 Å². The van der Waals surface area contributed by atoms with Gasteiger partial charge in [-0.1, -0.05) is 54.6 Å². The van der Waals surface area contributed by atoms with E-state index >= 15 is 0 Å². The summed E-state index contributed by atoms with van der Waals surface area (Å²) in [5.74, 6) is -2.17. The number of rotatable bonds is 6. The molecule has 1 aliphatic rings. The Kier molecular flexibility index (Phi) is 5.91. The van der Waals surface area contributed by atoms with Crippen molar-refractivity contribution in [1.82, 2.24) is 5.32 Å². The second kappa shape index (κ2) is 8.54. The number of carboxylic acid groups (broad SMARTS) is 1. The van der Waals surface area contributed by atoms with Crippen LogP contribution in [0, 0.1) is 11.8 Å². The van der Waals surface area contributed by atoms with E-state index in [9.17, 15) is 14.7 Å². The van der Waals surface area contributed by atoms with E-state index in [1.165, 1.54) is 0 Å². The molecule has 0 aliphatic heterocycles. The molecule has 0 saturated carbocycles. The quantitative estimate of drug-likeness (QED) is 0.798. The summed E-state index contributed by atoms with van der Waals surface area (Å²) in [5, 5.41) is 14.5. The van der Waals surface area contributed by atoms with E-state index in [4.69, 9.17) is 4.74 Å². The van der Waals surface area contributed by atoms with Gasteiger partial charge in [0.25, 0.3) is 0 Å². The fourth-order valence-electron chi connectivity index (χ4n) is 3.41. The molecule has 0 bridgehead atoms. The molecule has 1 amide bonds. The van der Waals surface area contributed by atoms with Crippen LogP contribution in [0.2, 0.25) is 0 Å². The van der Waals surface area contributed by atoms with Crippen molar-refractivity contribution in [3.63, 3.8) is 0 Å². The Hall–Kier alpha value is -3.08. The number of benzene rings is 2. The van der Waals surface area contributed by atoms with Gasteiger partial charge in [0.2, 0.25) is 5.91 Å². The average molecular weight is 364 g/mol. The summed E-state index contributed by atoms with van der Waals surface area (Å²) in [6.45, 7) is 0. The number of methoxy groups -OCH3 is 1. The second-order valence-corrected chi connectivity index (χ2v) is 6.60. The predicted octanol–water partition coefficient (Wildman–Crippen LogP) is 2.23. The second-order valence-electron chi connectivity index (χ2n) is 6.60. The number of hydrogen-bond acceptors (Lipinski definition) is 4.